The molecule has 0 aromatic heterocycles. The molecule has 0 saturated carbocycles. The number of rotatable bonds is 3. The summed E-state index contributed by atoms with van der Waals surface area (Å²) in [4.78, 5) is 4.28. The maximum absolute atomic E-state index is 4.28. The van der Waals surface area contributed by atoms with Crippen molar-refractivity contribution in [2.45, 2.75) is 27.7 Å². The molecule has 12 heavy (non-hydrogen) atoms. The molecule has 0 radical (unpaired) electrons. The minimum atomic E-state index is 0.986. The van der Waals surface area contributed by atoms with Crippen molar-refractivity contribution in [1.29, 1.82) is 0 Å². The zero-order chi connectivity index (χ0) is 9.56. The van der Waals surface area contributed by atoms with Gasteiger partial charge in [-0.25, -0.2) is 0 Å². The molecule has 1 heteroatoms. The highest BCUT2D eigenvalue weighted by Gasteiger charge is 1.85. The van der Waals surface area contributed by atoms with Gasteiger partial charge in [0, 0.05) is 11.4 Å². The lowest BCUT2D eigenvalue weighted by Crippen LogP contribution is -1.81. The fraction of sp³-hybridized carbons (Fsp3) is 0.364. The fourth-order valence-corrected chi connectivity index (χ4v) is 0.915. The second kappa shape index (κ2) is 5.53. The summed E-state index contributed by atoms with van der Waals surface area (Å²) in [6.45, 7) is 11.8. The Bertz CT molecular complexity index is 238. The van der Waals surface area contributed by atoms with Crippen LogP contribution in [0, 0.1) is 0 Å². The normalized spacial score (nSPS) is 11.8. The van der Waals surface area contributed by atoms with E-state index in [1.54, 1.807) is 0 Å². The van der Waals surface area contributed by atoms with Crippen LogP contribution in [0.2, 0.25) is 0 Å². The molecule has 1 nitrogen and oxygen atoms in total. The van der Waals surface area contributed by atoms with Crippen LogP contribution in [0.1, 0.15) is 27.7 Å². The van der Waals surface area contributed by atoms with E-state index in [0.717, 1.165) is 17.0 Å². The summed E-state index contributed by atoms with van der Waals surface area (Å²) in [5.74, 6) is 0. The van der Waals surface area contributed by atoms with Gasteiger partial charge in [-0.05, 0) is 39.3 Å². The van der Waals surface area contributed by atoms with Gasteiger partial charge < -0.3 is 0 Å². The predicted molar refractivity (Wildman–Crippen MR) is 56.5 cm³/mol. The molecule has 0 unspecified atom stereocenters. The average Bonchev–Trinajstić information content (AvgIpc) is 1.84. The molecule has 0 aliphatic carbocycles. The van der Waals surface area contributed by atoms with Crippen molar-refractivity contribution in [3.05, 3.63) is 36.1 Å². The van der Waals surface area contributed by atoms with Gasteiger partial charge >= 0.3 is 0 Å². The highest BCUT2D eigenvalue weighted by molar-refractivity contribution is 5.80. The van der Waals surface area contributed by atoms with Gasteiger partial charge in [0.2, 0.25) is 0 Å². The van der Waals surface area contributed by atoms with E-state index < -0.39 is 0 Å². The van der Waals surface area contributed by atoms with Crippen LogP contribution in [0.4, 0.5) is 0 Å². The molecule has 0 bridgehead atoms. The minimum absolute atomic E-state index is 0.986. The molecular formula is C11H17N. The summed E-state index contributed by atoms with van der Waals surface area (Å²) in [5, 5.41) is 0. The van der Waals surface area contributed by atoms with Crippen LogP contribution in [-0.2, 0) is 0 Å². The van der Waals surface area contributed by atoms with Gasteiger partial charge in [-0.3, -0.25) is 4.99 Å². The molecule has 0 rings (SSSR count). The molecule has 0 aliphatic rings. The van der Waals surface area contributed by atoms with Gasteiger partial charge in [0.05, 0.1) is 0 Å². The molecule has 66 valence electrons. The third kappa shape index (κ3) is 5.66. The van der Waals surface area contributed by atoms with Crippen LogP contribution in [0.25, 0.3) is 0 Å². The minimum Gasteiger partial charge on any atom is -0.263 e. The first-order valence-corrected chi connectivity index (χ1v) is 4.08. The maximum atomic E-state index is 4.28. The molecule has 0 heterocycles. The fourth-order valence-electron chi connectivity index (χ4n) is 0.915. The van der Waals surface area contributed by atoms with Crippen molar-refractivity contribution in [3.8, 4) is 0 Å². The second-order valence-corrected chi connectivity index (χ2v) is 2.92. The van der Waals surface area contributed by atoms with Crippen LogP contribution in [0.5, 0.6) is 0 Å². The van der Waals surface area contributed by atoms with Gasteiger partial charge in [-0.2, -0.15) is 0 Å². The largest absolute Gasteiger partial charge is 0.263 e. The Morgan fingerprint density at radius 2 is 1.83 bits per heavy atom. The van der Waals surface area contributed by atoms with Crippen molar-refractivity contribution in [3.63, 3.8) is 0 Å². The third-order valence-corrected chi connectivity index (χ3v) is 1.17. The van der Waals surface area contributed by atoms with Crippen molar-refractivity contribution in [1.82, 2.24) is 0 Å². The van der Waals surface area contributed by atoms with Crippen LogP contribution in [0.3, 0.4) is 0 Å². The van der Waals surface area contributed by atoms with Gasteiger partial charge in [0.1, 0.15) is 0 Å². The predicted octanol–water partition coefficient (Wildman–Crippen LogP) is 3.50. The van der Waals surface area contributed by atoms with E-state index in [-0.39, 0.29) is 0 Å². The lowest BCUT2D eigenvalue weighted by atomic mass is 10.2. The van der Waals surface area contributed by atoms with E-state index in [1.165, 1.54) is 0 Å². The van der Waals surface area contributed by atoms with E-state index in [9.17, 15) is 0 Å². The van der Waals surface area contributed by atoms with E-state index in [1.807, 2.05) is 45.9 Å². The number of aliphatic imine (C=N–C) groups is 1. The molecule has 0 N–H and O–H groups in total. The smallest absolute Gasteiger partial charge is 0.0377 e. The first-order valence-electron chi connectivity index (χ1n) is 4.08. The van der Waals surface area contributed by atoms with Crippen LogP contribution in [0.15, 0.2) is 41.1 Å². The molecule has 0 aromatic rings. The summed E-state index contributed by atoms with van der Waals surface area (Å²) in [6, 6.07) is 0. The highest BCUT2D eigenvalue weighted by atomic mass is 14.7. The summed E-state index contributed by atoms with van der Waals surface area (Å²) in [7, 11) is 0. The number of hydrogen-bond donors (Lipinski definition) is 0. The zero-order valence-electron chi connectivity index (χ0n) is 8.39. The Balaban J connectivity index is 4.36. The topological polar surface area (TPSA) is 12.4 Å². The van der Waals surface area contributed by atoms with E-state index in [0.29, 0.717) is 0 Å². The van der Waals surface area contributed by atoms with E-state index in [2.05, 4.69) is 11.6 Å². The number of allylic oxidation sites excluding steroid dienone is 5. The molecule has 0 saturated heterocycles. The Labute approximate surface area is 75.2 Å². The zero-order valence-corrected chi connectivity index (χ0v) is 8.39. The Hall–Kier alpha value is -1.11. The number of hydrogen-bond acceptors (Lipinski definition) is 1. The third-order valence-electron chi connectivity index (χ3n) is 1.17. The van der Waals surface area contributed by atoms with Gasteiger partial charge in [0.15, 0.2) is 0 Å². The molecule has 0 fully saturated rings. The van der Waals surface area contributed by atoms with Crippen molar-refractivity contribution >= 4 is 5.71 Å². The Kier molecular flexibility index (Phi) is 5.02. The first kappa shape index (κ1) is 10.9. The van der Waals surface area contributed by atoms with Crippen LogP contribution in [-0.4, -0.2) is 5.71 Å². The van der Waals surface area contributed by atoms with Crippen molar-refractivity contribution in [2.75, 3.05) is 0 Å². The van der Waals surface area contributed by atoms with Gasteiger partial charge in [0.25, 0.3) is 0 Å². The first-order chi connectivity index (χ1) is 5.56. The molecule has 0 spiro atoms. The quantitative estimate of drug-likeness (QED) is 0.446. The Morgan fingerprint density at radius 1 is 1.25 bits per heavy atom. The molecular weight excluding hydrogens is 146 g/mol. The SMILES string of the molecule is C=C(C=CC)/C=C(/C)N=C(C)C. The number of nitrogens with zero attached hydrogens (tertiary/aromatic N) is 1. The highest BCUT2D eigenvalue weighted by Crippen LogP contribution is 2.03. The van der Waals surface area contributed by atoms with Crippen LogP contribution < -0.4 is 0 Å². The van der Waals surface area contributed by atoms with Gasteiger partial charge in [-0.1, -0.05) is 18.7 Å². The molecule has 0 atom stereocenters. The summed E-state index contributed by atoms with van der Waals surface area (Å²) in [5.41, 5.74) is 3.05. The summed E-state index contributed by atoms with van der Waals surface area (Å²) in [6.07, 6.45) is 5.89. The average molecular weight is 163 g/mol. The van der Waals surface area contributed by atoms with Crippen LogP contribution >= 0.6 is 0 Å². The van der Waals surface area contributed by atoms with Crippen molar-refractivity contribution in [2.24, 2.45) is 4.99 Å². The summed E-state index contributed by atoms with van der Waals surface area (Å²) < 4.78 is 0. The molecule has 0 aromatic carbocycles. The Morgan fingerprint density at radius 3 is 2.25 bits per heavy atom. The monoisotopic (exact) mass is 163 g/mol. The summed E-state index contributed by atoms with van der Waals surface area (Å²) >= 11 is 0. The van der Waals surface area contributed by atoms with Crippen molar-refractivity contribution < 1.29 is 0 Å². The second-order valence-electron chi connectivity index (χ2n) is 2.92. The lowest BCUT2D eigenvalue weighted by Gasteiger charge is -1.94. The maximum Gasteiger partial charge on any atom is 0.0377 e. The lowest BCUT2D eigenvalue weighted by molar-refractivity contribution is 1.28. The van der Waals surface area contributed by atoms with E-state index >= 15 is 0 Å². The molecule has 0 amide bonds. The molecule has 0 aliphatic heterocycles. The standard InChI is InChI=1S/C11H17N/c1-6-7-10(4)8-11(5)12-9(2)3/h6-8H,4H2,1-3,5H3/b7-6?,11-8-. The van der Waals surface area contributed by atoms with E-state index in [4.69, 9.17) is 0 Å². The van der Waals surface area contributed by atoms with Gasteiger partial charge in [-0.15, -0.1) is 0 Å².